The smallest absolute Gasteiger partial charge is 0.0741 e. The van der Waals surface area contributed by atoms with Crippen LogP contribution in [0.3, 0.4) is 0 Å². The van der Waals surface area contributed by atoms with Crippen LogP contribution in [0.2, 0.25) is 0 Å². The molecule has 136 valence electrons. The van der Waals surface area contributed by atoms with Gasteiger partial charge in [0.2, 0.25) is 0 Å². The Hall–Kier alpha value is -3.59. The molecular weight excluding hydrogens is 342 g/mol. The largest absolute Gasteiger partial charge is 0.317 e. The van der Waals surface area contributed by atoms with Crippen molar-refractivity contribution >= 4 is 10.9 Å². The van der Waals surface area contributed by atoms with Gasteiger partial charge >= 0.3 is 0 Å². The number of aromatic nitrogens is 3. The van der Waals surface area contributed by atoms with E-state index in [2.05, 4.69) is 109 Å². The zero-order valence-corrected chi connectivity index (χ0v) is 16.0. The number of nitrogens with zero attached hydrogens (tertiary/aromatic N) is 3. The van der Waals surface area contributed by atoms with Gasteiger partial charge in [-0.1, -0.05) is 47.5 Å². The molecule has 0 bridgehead atoms. The molecule has 0 aliphatic heterocycles. The maximum absolute atomic E-state index is 4.56. The van der Waals surface area contributed by atoms with Crippen molar-refractivity contribution in [3.63, 3.8) is 0 Å². The molecule has 0 atom stereocenters. The average molecular weight is 363 g/mol. The molecule has 0 aliphatic carbocycles. The van der Waals surface area contributed by atoms with Crippen molar-refractivity contribution in [1.82, 2.24) is 14.3 Å². The van der Waals surface area contributed by atoms with Gasteiger partial charge in [-0.2, -0.15) is 5.10 Å². The van der Waals surface area contributed by atoms with Gasteiger partial charge in [0.25, 0.3) is 0 Å². The molecule has 0 fully saturated rings. The molecule has 5 rings (SSSR count). The first kappa shape index (κ1) is 16.6. The van der Waals surface area contributed by atoms with Crippen molar-refractivity contribution < 1.29 is 0 Å². The summed E-state index contributed by atoms with van der Waals surface area (Å²) >= 11 is 0. The number of fused-ring (bicyclic) bond motifs is 1. The Bertz CT molecular complexity index is 1260. The lowest BCUT2D eigenvalue weighted by molar-refractivity contribution is 0.887. The molecule has 0 spiro atoms. The van der Waals surface area contributed by atoms with Crippen molar-refractivity contribution in [3.8, 4) is 22.6 Å². The van der Waals surface area contributed by atoms with Gasteiger partial charge in [0.05, 0.1) is 23.1 Å². The lowest BCUT2D eigenvalue weighted by atomic mass is 10.1. The highest BCUT2D eigenvalue weighted by Crippen LogP contribution is 2.28. The molecule has 0 radical (unpaired) electrons. The van der Waals surface area contributed by atoms with E-state index < -0.39 is 0 Å². The summed E-state index contributed by atoms with van der Waals surface area (Å²) in [5.74, 6) is 0. The number of aryl methyl sites for hydroxylation is 2. The van der Waals surface area contributed by atoms with Crippen molar-refractivity contribution in [2.45, 2.75) is 13.8 Å². The highest BCUT2D eigenvalue weighted by molar-refractivity contribution is 5.86. The normalized spacial score (nSPS) is 11.2. The quantitative estimate of drug-likeness (QED) is 0.380. The molecule has 0 amide bonds. The minimum atomic E-state index is 1.07. The van der Waals surface area contributed by atoms with E-state index in [9.17, 15) is 0 Å². The summed E-state index contributed by atoms with van der Waals surface area (Å²) in [6, 6.07) is 27.9. The van der Waals surface area contributed by atoms with Crippen LogP contribution in [0.25, 0.3) is 33.5 Å². The molecule has 3 heteroatoms. The van der Waals surface area contributed by atoms with E-state index in [1.165, 1.54) is 27.7 Å². The molecule has 0 unspecified atom stereocenters. The summed E-state index contributed by atoms with van der Waals surface area (Å²) in [6.45, 7) is 4.21. The van der Waals surface area contributed by atoms with E-state index in [1.807, 2.05) is 10.9 Å². The van der Waals surface area contributed by atoms with Crippen LogP contribution in [0.5, 0.6) is 0 Å². The van der Waals surface area contributed by atoms with E-state index in [-0.39, 0.29) is 0 Å². The molecule has 0 saturated heterocycles. The third-order valence-corrected chi connectivity index (χ3v) is 5.22. The van der Waals surface area contributed by atoms with Gasteiger partial charge in [-0.25, -0.2) is 4.68 Å². The van der Waals surface area contributed by atoms with E-state index >= 15 is 0 Å². The SMILES string of the molecule is Cc1ccc(-n2nccc2-c2ccc3ccn(-c4ccc(C)cc4)c3c2)cc1. The zero-order chi connectivity index (χ0) is 19.1. The number of hydrogen-bond donors (Lipinski definition) is 0. The Morgan fingerprint density at radius 2 is 1.36 bits per heavy atom. The monoisotopic (exact) mass is 363 g/mol. The van der Waals surface area contributed by atoms with Crippen LogP contribution in [-0.4, -0.2) is 14.3 Å². The van der Waals surface area contributed by atoms with Gasteiger partial charge in [0, 0.05) is 17.4 Å². The van der Waals surface area contributed by atoms with Gasteiger partial charge in [-0.05, 0) is 61.7 Å². The fourth-order valence-electron chi connectivity index (χ4n) is 3.63. The summed E-state index contributed by atoms with van der Waals surface area (Å²) in [5, 5.41) is 5.79. The number of rotatable bonds is 3. The second-order valence-electron chi connectivity index (χ2n) is 7.26. The van der Waals surface area contributed by atoms with Crippen molar-refractivity contribution in [2.75, 3.05) is 0 Å². The molecule has 3 nitrogen and oxygen atoms in total. The number of benzene rings is 3. The molecule has 5 aromatic rings. The van der Waals surface area contributed by atoms with E-state index in [1.54, 1.807) is 0 Å². The van der Waals surface area contributed by atoms with Crippen LogP contribution >= 0.6 is 0 Å². The van der Waals surface area contributed by atoms with Crippen molar-refractivity contribution in [1.29, 1.82) is 0 Å². The van der Waals surface area contributed by atoms with E-state index in [4.69, 9.17) is 0 Å². The first-order valence-electron chi connectivity index (χ1n) is 9.49. The second kappa shape index (κ2) is 6.54. The lowest BCUT2D eigenvalue weighted by Gasteiger charge is -2.10. The van der Waals surface area contributed by atoms with Gasteiger partial charge in [-0.3, -0.25) is 0 Å². The molecular formula is C25H21N3. The summed E-state index contributed by atoms with van der Waals surface area (Å²) in [4.78, 5) is 0. The van der Waals surface area contributed by atoms with Crippen molar-refractivity contribution in [3.05, 3.63) is 102 Å². The van der Waals surface area contributed by atoms with Gasteiger partial charge in [-0.15, -0.1) is 0 Å². The summed E-state index contributed by atoms with van der Waals surface area (Å²) in [7, 11) is 0. The predicted octanol–water partition coefficient (Wildman–Crippen LogP) is 6.10. The van der Waals surface area contributed by atoms with Crippen molar-refractivity contribution in [2.24, 2.45) is 0 Å². The molecule has 0 saturated carbocycles. The van der Waals surface area contributed by atoms with Crippen LogP contribution in [-0.2, 0) is 0 Å². The van der Waals surface area contributed by atoms with E-state index in [0.29, 0.717) is 0 Å². The van der Waals surface area contributed by atoms with Crippen LogP contribution in [0.4, 0.5) is 0 Å². The third-order valence-electron chi connectivity index (χ3n) is 5.22. The lowest BCUT2D eigenvalue weighted by Crippen LogP contribution is -1.99. The molecule has 3 aromatic carbocycles. The van der Waals surface area contributed by atoms with Gasteiger partial charge < -0.3 is 4.57 Å². The highest BCUT2D eigenvalue weighted by atomic mass is 15.3. The topological polar surface area (TPSA) is 22.8 Å². The Kier molecular flexibility index (Phi) is 3.87. The fourth-order valence-corrected chi connectivity index (χ4v) is 3.63. The second-order valence-corrected chi connectivity index (χ2v) is 7.26. The minimum absolute atomic E-state index is 1.07. The van der Waals surface area contributed by atoms with Crippen LogP contribution in [0.1, 0.15) is 11.1 Å². The van der Waals surface area contributed by atoms with Gasteiger partial charge in [0.15, 0.2) is 0 Å². The Balaban J connectivity index is 1.63. The molecule has 2 heterocycles. The molecule has 2 aromatic heterocycles. The maximum atomic E-state index is 4.56. The standard InChI is InChI=1S/C25H21N3/c1-18-3-9-22(10-4-18)27-16-14-20-7-8-21(17-25(20)27)24-13-15-26-28(24)23-11-5-19(2)6-12-23/h3-17H,1-2H3. The third kappa shape index (κ3) is 2.81. The predicted molar refractivity (Wildman–Crippen MR) is 115 cm³/mol. The average Bonchev–Trinajstić information content (AvgIpc) is 3.36. The molecule has 0 N–H and O–H groups in total. The number of hydrogen-bond acceptors (Lipinski definition) is 1. The summed E-state index contributed by atoms with van der Waals surface area (Å²) in [6.07, 6.45) is 3.99. The van der Waals surface area contributed by atoms with E-state index in [0.717, 1.165) is 16.9 Å². The Morgan fingerprint density at radius 1 is 0.679 bits per heavy atom. The highest BCUT2D eigenvalue weighted by Gasteiger charge is 2.10. The Labute approximate surface area is 164 Å². The van der Waals surface area contributed by atoms with Crippen LogP contribution in [0.15, 0.2) is 91.3 Å². The maximum Gasteiger partial charge on any atom is 0.0741 e. The molecule has 0 aliphatic rings. The van der Waals surface area contributed by atoms with Crippen LogP contribution < -0.4 is 0 Å². The summed E-state index contributed by atoms with van der Waals surface area (Å²) in [5.41, 5.74) is 8.18. The summed E-state index contributed by atoms with van der Waals surface area (Å²) < 4.78 is 4.24. The molecule has 28 heavy (non-hydrogen) atoms. The first-order valence-corrected chi connectivity index (χ1v) is 9.49. The fraction of sp³-hybridized carbons (Fsp3) is 0.0800. The minimum Gasteiger partial charge on any atom is -0.317 e. The van der Waals surface area contributed by atoms with Gasteiger partial charge in [0.1, 0.15) is 0 Å². The Morgan fingerprint density at radius 3 is 2.07 bits per heavy atom. The zero-order valence-electron chi connectivity index (χ0n) is 16.0. The first-order chi connectivity index (χ1) is 13.7. The van der Waals surface area contributed by atoms with Crippen LogP contribution in [0, 0.1) is 13.8 Å².